The number of esters is 1. The number of amides is 1. The lowest BCUT2D eigenvalue weighted by Gasteiger charge is -2.21. The SMILES string of the molecule is Cc1c(C(=O)OC(C)(C)C)ccc2c1CC[C@@H]2NCc1cc(C(=O)NCc2ccc(F)c(F)c2)nc2cc(Cl)nn12. The molecular weight excluding hydrogens is 552 g/mol. The average Bonchev–Trinajstić information content (AvgIpc) is 3.49. The maximum absolute atomic E-state index is 13.5. The van der Waals surface area contributed by atoms with E-state index in [1.165, 1.54) is 6.07 Å². The predicted molar refractivity (Wildman–Crippen MR) is 150 cm³/mol. The molecule has 0 spiro atoms. The van der Waals surface area contributed by atoms with E-state index in [4.69, 9.17) is 16.3 Å². The second-order valence-electron chi connectivity index (χ2n) is 11.1. The first kappa shape index (κ1) is 28.6. The molecule has 0 radical (unpaired) electrons. The molecule has 0 fully saturated rings. The first-order valence-corrected chi connectivity index (χ1v) is 13.6. The van der Waals surface area contributed by atoms with Crippen molar-refractivity contribution >= 4 is 29.1 Å². The van der Waals surface area contributed by atoms with E-state index >= 15 is 0 Å². The molecule has 0 unspecified atom stereocenters. The van der Waals surface area contributed by atoms with Gasteiger partial charge in [-0.15, -0.1) is 0 Å². The zero-order chi connectivity index (χ0) is 29.5. The second kappa shape index (κ2) is 11.2. The van der Waals surface area contributed by atoms with E-state index in [1.807, 2.05) is 39.8 Å². The second-order valence-corrected chi connectivity index (χ2v) is 11.5. The van der Waals surface area contributed by atoms with Crippen molar-refractivity contribution in [2.24, 2.45) is 0 Å². The minimum Gasteiger partial charge on any atom is -0.456 e. The zero-order valence-corrected chi connectivity index (χ0v) is 23.9. The van der Waals surface area contributed by atoms with Crippen molar-refractivity contribution in [1.82, 2.24) is 25.2 Å². The maximum atomic E-state index is 13.5. The van der Waals surface area contributed by atoms with Crippen LogP contribution in [0.3, 0.4) is 0 Å². The van der Waals surface area contributed by atoms with E-state index in [-0.39, 0.29) is 29.4 Å². The highest BCUT2D eigenvalue weighted by Crippen LogP contribution is 2.35. The van der Waals surface area contributed by atoms with Crippen LogP contribution < -0.4 is 10.6 Å². The number of carbonyl (C=O) groups is 2. The monoisotopic (exact) mass is 581 g/mol. The lowest BCUT2D eigenvalue weighted by atomic mass is 9.97. The summed E-state index contributed by atoms with van der Waals surface area (Å²) >= 11 is 6.15. The van der Waals surface area contributed by atoms with Gasteiger partial charge in [0.15, 0.2) is 22.4 Å². The fourth-order valence-electron chi connectivity index (χ4n) is 5.05. The van der Waals surface area contributed by atoms with Crippen molar-refractivity contribution in [3.05, 3.63) is 98.5 Å². The number of nitrogens with one attached hydrogen (secondary N) is 2. The third-order valence-electron chi connectivity index (χ3n) is 6.98. The van der Waals surface area contributed by atoms with Gasteiger partial charge in [-0.1, -0.05) is 23.7 Å². The minimum atomic E-state index is -0.983. The summed E-state index contributed by atoms with van der Waals surface area (Å²) in [6, 6.07) is 10.4. The first-order valence-electron chi connectivity index (χ1n) is 13.3. The van der Waals surface area contributed by atoms with E-state index < -0.39 is 23.1 Å². The summed E-state index contributed by atoms with van der Waals surface area (Å²) in [4.78, 5) is 30.0. The Balaban J connectivity index is 1.33. The molecule has 1 atom stereocenters. The largest absolute Gasteiger partial charge is 0.456 e. The Morgan fingerprint density at radius 3 is 2.61 bits per heavy atom. The van der Waals surface area contributed by atoms with Crippen LogP contribution in [0.15, 0.2) is 42.5 Å². The van der Waals surface area contributed by atoms with Gasteiger partial charge in [0.2, 0.25) is 0 Å². The number of benzene rings is 2. The smallest absolute Gasteiger partial charge is 0.338 e. The molecular formula is C30H30ClF2N5O3. The average molecular weight is 582 g/mol. The molecule has 1 aliphatic rings. The van der Waals surface area contributed by atoms with Gasteiger partial charge < -0.3 is 15.4 Å². The van der Waals surface area contributed by atoms with Crippen LogP contribution in [-0.4, -0.2) is 32.1 Å². The summed E-state index contributed by atoms with van der Waals surface area (Å²) in [5.74, 6) is -2.75. The summed E-state index contributed by atoms with van der Waals surface area (Å²) in [6.45, 7) is 7.84. The molecule has 8 nitrogen and oxygen atoms in total. The van der Waals surface area contributed by atoms with Crippen molar-refractivity contribution < 1.29 is 23.1 Å². The van der Waals surface area contributed by atoms with Crippen molar-refractivity contribution in [2.45, 2.75) is 65.3 Å². The normalized spacial score (nSPS) is 14.8. The van der Waals surface area contributed by atoms with Crippen LogP contribution >= 0.6 is 11.6 Å². The van der Waals surface area contributed by atoms with Gasteiger partial charge in [0.25, 0.3) is 5.91 Å². The Morgan fingerprint density at radius 2 is 1.88 bits per heavy atom. The van der Waals surface area contributed by atoms with Crippen molar-refractivity contribution in [3.8, 4) is 0 Å². The van der Waals surface area contributed by atoms with E-state index in [1.54, 1.807) is 16.6 Å². The van der Waals surface area contributed by atoms with Gasteiger partial charge in [-0.2, -0.15) is 5.10 Å². The molecule has 214 valence electrons. The van der Waals surface area contributed by atoms with Gasteiger partial charge in [-0.25, -0.2) is 23.1 Å². The molecule has 5 rings (SSSR count). The number of hydrogen-bond acceptors (Lipinski definition) is 6. The van der Waals surface area contributed by atoms with Crippen LogP contribution in [0.1, 0.15) is 82.0 Å². The summed E-state index contributed by atoms with van der Waals surface area (Å²) in [5, 5.41) is 10.8. The van der Waals surface area contributed by atoms with Crippen LogP contribution in [0.4, 0.5) is 8.78 Å². The summed E-state index contributed by atoms with van der Waals surface area (Å²) in [5.41, 5.74) is 4.77. The number of aromatic nitrogens is 3. The van der Waals surface area contributed by atoms with E-state index in [9.17, 15) is 18.4 Å². The first-order chi connectivity index (χ1) is 19.4. The van der Waals surface area contributed by atoms with Gasteiger partial charge in [0, 0.05) is 25.2 Å². The maximum Gasteiger partial charge on any atom is 0.338 e. The molecule has 2 heterocycles. The third kappa shape index (κ3) is 6.23. The van der Waals surface area contributed by atoms with Crippen LogP contribution in [0, 0.1) is 18.6 Å². The lowest BCUT2D eigenvalue weighted by Crippen LogP contribution is -2.26. The molecule has 1 aliphatic carbocycles. The zero-order valence-electron chi connectivity index (χ0n) is 23.1. The highest BCUT2D eigenvalue weighted by Gasteiger charge is 2.28. The van der Waals surface area contributed by atoms with Gasteiger partial charge in [-0.3, -0.25) is 4.79 Å². The number of nitrogens with zero attached hydrogens (tertiary/aromatic N) is 3. The van der Waals surface area contributed by atoms with Crippen LogP contribution in [0.5, 0.6) is 0 Å². The van der Waals surface area contributed by atoms with Gasteiger partial charge >= 0.3 is 5.97 Å². The Labute approximate surface area is 241 Å². The van der Waals surface area contributed by atoms with Crippen molar-refractivity contribution in [2.75, 3.05) is 0 Å². The molecule has 0 saturated heterocycles. The molecule has 1 amide bonds. The van der Waals surface area contributed by atoms with E-state index in [0.717, 1.165) is 41.7 Å². The summed E-state index contributed by atoms with van der Waals surface area (Å²) < 4.78 is 33.9. The van der Waals surface area contributed by atoms with Gasteiger partial charge in [0.05, 0.1) is 11.3 Å². The van der Waals surface area contributed by atoms with Gasteiger partial charge in [-0.05, 0) is 87.1 Å². The number of halogens is 3. The fourth-order valence-corrected chi connectivity index (χ4v) is 5.22. The molecule has 0 bridgehead atoms. The molecule has 2 aromatic carbocycles. The molecule has 41 heavy (non-hydrogen) atoms. The Morgan fingerprint density at radius 1 is 1.10 bits per heavy atom. The standard InChI is InChI=1S/C30H30ClF2N5O3/c1-16-19-8-10-24(21(19)7-6-20(16)29(40)41-30(2,3)4)34-15-18-12-25(36-27-13-26(31)37-38(18)27)28(39)35-14-17-5-9-22(32)23(33)11-17/h5-7,9,11-13,24,34H,8,10,14-15H2,1-4H3,(H,35,39)/t24-/m0/s1. The Kier molecular flexibility index (Phi) is 7.80. The number of carbonyl (C=O) groups excluding carboxylic acids is 2. The van der Waals surface area contributed by atoms with Crippen LogP contribution in [0.25, 0.3) is 5.65 Å². The van der Waals surface area contributed by atoms with Crippen LogP contribution in [0.2, 0.25) is 5.15 Å². The molecule has 11 heteroatoms. The van der Waals surface area contributed by atoms with Crippen molar-refractivity contribution in [1.29, 1.82) is 0 Å². The van der Waals surface area contributed by atoms with E-state index in [2.05, 4.69) is 20.7 Å². The molecule has 2 aromatic heterocycles. The number of fused-ring (bicyclic) bond motifs is 2. The quantitative estimate of drug-likeness (QED) is 0.275. The van der Waals surface area contributed by atoms with Crippen molar-refractivity contribution in [3.63, 3.8) is 0 Å². The predicted octanol–water partition coefficient (Wildman–Crippen LogP) is 5.63. The number of ether oxygens (including phenoxy) is 1. The fraction of sp³-hybridized carbons (Fsp3) is 0.333. The summed E-state index contributed by atoms with van der Waals surface area (Å²) in [7, 11) is 0. The van der Waals surface area contributed by atoms with E-state index in [0.29, 0.717) is 29.0 Å². The minimum absolute atomic E-state index is 0.0000124. The molecule has 0 saturated carbocycles. The number of hydrogen-bond donors (Lipinski definition) is 2. The van der Waals surface area contributed by atoms with Crippen LogP contribution in [-0.2, 0) is 24.2 Å². The highest BCUT2D eigenvalue weighted by atomic mass is 35.5. The highest BCUT2D eigenvalue weighted by molar-refractivity contribution is 6.29. The Hall–Kier alpha value is -3.89. The Bertz CT molecular complexity index is 1660. The lowest BCUT2D eigenvalue weighted by molar-refractivity contribution is 0.00684. The molecule has 4 aromatic rings. The molecule has 2 N–H and O–H groups in total. The molecule has 0 aliphatic heterocycles. The van der Waals surface area contributed by atoms with Gasteiger partial charge in [0.1, 0.15) is 11.3 Å². The topological polar surface area (TPSA) is 97.6 Å². The third-order valence-corrected chi connectivity index (χ3v) is 7.17. The number of rotatable bonds is 7. The summed E-state index contributed by atoms with van der Waals surface area (Å²) in [6.07, 6.45) is 1.65.